The summed E-state index contributed by atoms with van der Waals surface area (Å²) in [6, 6.07) is 4.06. The van der Waals surface area contributed by atoms with Crippen LogP contribution in [0.3, 0.4) is 0 Å². The largest absolute Gasteiger partial charge is 0.390 e. The SMILES string of the molecule is OCc1csc(N2CCC[C@H](c3nccn3Cc3cccnc3)C2)n1. The Labute approximate surface area is 150 Å². The summed E-state index contributed by atoms with van der Waals surface area (Å²) in [6.07, 6.45) is 9.90. The maximum absolute atomic E-state index is 9.24. The fourth-order valence-electron chi connectivity index (χ4n) is 3.38. The van der Waals surface area contributed by atoms with Crippen LogP contribution in [-0.2, 0) is 13.2 Å². The molecule has 6 nitrogen and oxygen atoms in total. The van der Waals surface area contributed by atoms with Crippen LogP contribution in [0.1, 0.15) is 35.8 Å². The lowest BCUT2D eigenvalue weighted by molar-refractivity contribution is 0.277. The predicted molar refractivity (Wildman–Crippen MR) is 97.8 cm³/mol. The number of pyridine rings is 1. The Hall–Kier alpha value is -2.25. The standard InChI is InChI=1S/C18H21N5OS/c24-12-16-13-25-18(21-16)23-7-2-4-15(11-23)17-20-6-8-22(17)10-14-3-1-5-19-9-14/h1,3,5-6,8-9,13,15,24H,2,4,7,10-12H2/t15-/m0/s1. The first-order valence-electron chi connectivity index (χ1n) is 8.53. The normalized spacial score (nSPS) is 17.8. The summed E-state index contributed by atoms with van der Waals surface area (Å²) in [6.45, 7) is 2.73. The summed E-state index contributed by atoms with van der Waals surface area (Å²) in [4.78, 5) is 15.7. The lowest BCUT2D eigenvalue weighted by Gasteiger charge is -2.32. The number of piperidine rings is 1. The van der Waals surface area contributed by atoms with Gasteiger partial charge in [0.15, 0.2) is 5.13 Å². The van der Waals surface area contributed by atoms with Gasteiger partial charge in [-0.3, -0.25) is 4.98 Å². The van der Waals surface area contributed by atoms with Crippen LogP contribution in [0, 0.1) is 0 Å². The smallest absolute Gasteiger partial charge is 0.185 e. The van der Waals surface area contributed by atoms with E-state index in [1.54, 1.807) is 17.5 Å². The maximum atomic E-state index is 9.24. The van der Waals surface area contributed by atoms with Crippen LogP contribution in [0.5, 0.6) is 0 Å². The molecule has 0 saturated carbocycles. The topological polar surface area (TPSA) is 67.1 Å². The van der Waals surface area contributed by atoms with Crippen molar-refractivity contribution in [3.63, 3.8) is 0 Å². The Balaban J connectivity index is 1.51. The molecule has 4 rings (SSSR count). The number of aromatic nitrogens is 4. The van der Waals surface area contributed by atoms with Gasteiger partial charge in [-0.25, -0.2) is 9.97 Å². The van der Waals surface area contributed by atoms with Gasteiger partial charge in [-0.2, -0.15) is 0 Å². The van der Waals surface area contributed by atoms with Crippen LogP contribution in [-0.4, -0.2) is 37.7 Å². The first-order chi connectivity index (χ1) is 12.3. The Morgan fingerprint density at radius 2 is 2.28 bits per heavy atom. The summed E-state index contributed by atoms with van der Waals surface area (Å²) < 4.78 is 2.23. The molecule has 3 aromatic heterocycles. The number of nitrogens with zero attached hydrogens (tertiary/aromatic N) is 5. The minimum absolute atomic E-state index is 0.00326. The molecule has 0 aromatic carbocycles. The molecule has 1 saturated heterocycles. The molecule has 0 amide bonds. The number of anilines is 1. The van der Waals surface area contributed by atoms with Gasteiger partial charge in [0.2, 0.25) is 0 Å². The fourth-order valence-corrected chi connectivity index (χ4v) is 4.23. The molecule has 7 heteroatoms. The molecule has 0 spiro atoms. The first-order valence-corrected chi connectivity index (χ1v) is 9.41. The molecule has 4 heterocycles. The molecule has 1 atom stereocenters. The van der Waals surface area contributed by atoms with Gasteiger partial charge in [0, 0.05) is 49.2 Å². The van der Waals surface area contributed by atoms with Crippen molar-refractivity contribution < 1.29 is 5.11 Å². The average Bonchev–Trinajstić information content (AvgIpc) is 3.32. The Morgan fingerprint density at radius 1 is 1.32 bits per heavy atom. The van der Waals surface area contributed by atoms with E-state index in [4.69, 9.17) is 0 Å². The Bertz CT molecular complexity index is 816. The summed E-state index contributed by atoms with van der Waals surface area (Å²) >= 11 is 1.61. The third-order valence-electron chi connectivity index (χ3n) is 4.58. The molecule has 1 N–H and O–H groups in total. The number of aliphatic hydroxyl groups excluding tert-OH is 1. The van der Waals surface area contributed by atoms with Crippen LogP contribution in [0.15, 0.2) is 42.3 Å². The molecule has 0 radical (unpaired) electrons. The molecule has 0 bridgehead atoms. The number of imidazole rings is 1. The van der Waals surface area contributed by atoms with Gasteiger partial charge in [-0.1, -0.05) is 6.07 Å². The third kappa shape index (κ3) is 3.57. The summed E-state index contributed by atoms with van der Waals surface area (Å²) in [5.74, 6) is 1.52. The predicted octanol–water partition coefficient (Wildman–Crippen LogP) is 2.66. The number of rotatable bonds is 5. The van der Waals surface area contributed by atoms with E-state index in [2.05, 4.69) is 36.7 Å². The molecule has 1 fully saturated rings. The number of hydrogen-bond acceptors (Lipinski definition) is 6. The Morgan fingerprint density at radius 3 is 3.08 bits per heavy atom. The Kier molecular flexibility index (Phi) is 4.76. The van der Waals surface area contributed by atoms with Crippen molar-refractivity contribution in [3.05, 3.63) is 59.4 Å². The van der Waals surface area contributed by atoms with Gasteiger partial charge < -0.3 is 14.6 Å². The van der Waals surface area contributed by atoms with Crippen molar-refractivity contribution in [1.29, 1.82) is 0 Å². The number of hydrogen-bond donors (Lipinski definition) is 1. The molecule has 1 aliphatic rings. The zero-order chi connectivity index (χ0) is 17.1. The highest BCUT2D eigenvalue weighted by Crippen LogP contribution is 2.31. The summed E-state index contributed by atoms with van der Waals surface area (Å²) in [7, 11) is 0. The second kappa shape index (κ2) is 7.33. The zero-order valence-corrected chi connectivity index (χ0v) is 14.8. The molecular weight excluding hydrogens is 334 g/mol. The highest BCUT2D eigenvalue weighted by atomic mass is 32.1. The average molecular weight is 355 g/mol. The minimum Gasteiger partial charge on any atom is -0.390 e. The lowest BCUT2D eigenvalue weighted by atomic mass is 9.97. The fraction of sp³-hybridized carbons (Fsp3) is 0.389. The van der Waals surface area contributed by atoms with Crippen molar-refractivity contribution in [3.8, 4) is 0 Å². The van der Waals surface area contributed by atoms with E-state index >= 15 is 0 Å². The van der Waals surface area contributed by atoms with Crippen molar-refractivity contribution in [2.45, 2.75) is 31.9 Å². The van der Waals surface area contributed by atoms with Crippen molar-refractivity contribution in [2.75, 3.05) is 18.0 Å². The highest BCUT2D eigenvalue weighted by molar-refractivity contribution is 7.13. The van der Waals surface area contributed by atoms with Gasteiger partial charge in [0.25, 0.3) is 0 Å². The van der Waals surface area contributed by atoms with E-state index in [9.17, 15) is 5.11 Å². The molecule has 3 aromatic rings. The van der Waals surface area contributed by atoms with Crippen LogP contribution < -0.4 is 4.90 Å². The van der Waals surface area contributed by atoms with E-state index in [0.717, 1.165) is 49.1 Å². The van der Waals surface area contributed by atoms with E-state index < -0.39 is 0 Å². The zero-order valence-electron chi connectivity index (χ0n) is 14.0. The highest BCUT2D eigenvalue weighted by Gasteiger charge is 2.26. The van der Waals surface area contributed by atoms with E-state index in [1.165, 1.54) is 5.56 Å². The molecule has 25 heavy (non-hydrogen) atoms. The van der Waals surface area contributed by atoms with Gasteiger partial charge in [-0.05, 0) is 24.5 Å². The van der Waals surface area contributed by atoms with Crippen LogP contribution in [0.4, 0.5) is 5.13 Å². The van der Waals surface area contributed by atoms with E-state index in [0.29, 0.717) is 5.92 Å². The first kappa shape index (κ1) is 16.2. The number of thiazole rings is 1. The minimum atomic E-state index is 0.00326. The lowest BCUT2D eigenvalue weighted by Crippen LogP contribution is -2.35. The quantitative estimate of drug-likeness (QED) is 0.762. The second-order valence-corrected chi connectivity index (χ2v) is 7.18. The second-order valence-electron chi connectivity index (χ2n) is 6.34. The molecule has 0 aliphatic carbocycles. The van der Waals surface area contributed by atoms with Gasteiger partial charge in [0.1, 0.15) is 5.82 Å². The van der Waals surface area contributed by atoms with Gasteiger partial charge >= 0.3 is 0 Å². The maximum Gasteiger partial charge on any atom is 0.185 e. The molecule has 130 valence electrons. The van der Waals surface area contributed by atoms with Gasteiger partial charge in [-0.15, -0.1) is 11.3 Å². The van der Waals surface area contributed by atoms with Crippen LogP contribution >= 0.6 is 11.3 Å². The number of aliphatic hydroxyl groups is 1. The third-order valence-corrected chi connectivity index (χ3v) is 5.53. The van der Waals surface area contributed by atoms with Crippen LogP contribution in [0.2, 0.25) is 0 Å². The van der Waals surface area contributed by atoms with Gasteiger partial charge in [0.05, 0.1) is 18.8 Å². The monoisotopic (exact) mass is 355 g/mol. The van der Waals surface area contributed by atoms with E-state index in [1.807, 2.05) is 23.8 Å². The summed E-state index contributed by atoms with van der Waals surface area (Å²) in [5, 5.41) is 12.2. The molecule has 1 aliphatic heterocycles. The van der Waals surface area contributed by atoms with Crippen LogP contribution in [0.25, 0.3) is 0 Å². The molecular formula is C18H21N5OS. The van der Waals surface area contributed by atoms with E-state index in [-0.39, 0.29) is 6.61 Å². The van der Waals surface area contributed by atoms with Crippen molar-refractivity contribution >= 4 is 16.5 Å². The van der Waals surface area contributed by atoms with Crippen molar-refractivity contribution in [2.24, 2.45) is 0 Å². The summed E-state index contributed by atoms with van der Waals surface area (Å²) in [5.41, 5.74) is 1.93. The molecule has 0 unspecified atom stereocenters. The van der Waals surface area contributed by atoms with Crippen molar-refractivity contribution in [1.82, 2.24) is 19.5 Å².